The summed E-state index contributed by atoms with van der Waals surface area (Å²) in [4.78, 5) is 27.9. The van der Waals surface area contributed by atoms with Crippen LogP contribution in [0.5, 0.6) is 11.5 Å². The average molecular weight is 398 g/mol. The van der Waals surface area contributed by atoms with Gasteiger partial charge in [0.25, 0.3) is 0 Å². The Morgan fingerprint density at radius 3 is 2.64 bits per heavy atom. The number of H-pyrrole nitrogens is 1. The topological polar surface area (TPSA) is 80.4 Å². The fraction of sp³-hybridized carbons (Fsp3) is 0.238. The number of pyridine rings is 1. The van der Waals surface area contributed by atoms with Crippen LogP contribution >= 0.6 is 11.8 Å². The standard InChI is InChI=1S/C21H22N2O4S/c1-13-7-8-18(26-2)16(9-13)23-20(25)12-28-11-14-10-17(24)15-5-4-6-19(27-3)21(15)22-14/h4-10H,11-12H2,1-3H3,(H,22,24)(H,23,25). The molecule has 3 aromatic rings. The summed E-state index contributed by atoms with van der Waals surface area (Å²) in [5.41, 5.74) is 3.02. The van der Waals surface area contributed by atoms with Crippen molar-refractivity contribution in [1.82, 2.24) is 4.98 Å². The lowest BCUT2D eigenvalue weighted by atomic mass is 10.2. The van der Waals surface area contributed by atoms with Gasteiger partial charge in [0.1, 0.15) is 11.5 Å². The Kier molecular flexibility index (Phi) is 6.26. The van der Waals surface area contributed by atoms with E-state index < -0.39 is 0 Å². The normalized spacial score (nSPS) is 10.7. The second-order valence-electron chi connectivity index (χ2n) is 6.29. The first-order valence-corrected chi connectivity index (χ1v) is 9.88. The van der Waals surface area contributed by atoms with Crippen LogP contribution in [0.15, 0.2) is 47.3 Å². The number of aryl methyl sites for hydroxylation is 1. The van der Waals surface area contributed by atoms with Gasteiger partial charge in [-0.05, 0) is 36.8 Å². The van der Waals surface area contributed by atoms with Crippen molar-refractivity contribution in [2.75, 3.05) is 25.3 Å². The molecule has 1 aromatic heterocycles. The van der Waals surface area contributed by atoms with E-state index in [1.807, 2.05) is 25.1 Å². The number of amides is 1. The number of benzene rings is 2. The number of ether oxygens (including phenoxy) is 2. The molecule has 0 aliphatic carbocycles. The Morgan fingerprint density at radius 2 is 1.89 bits per heavy atom. The van der Waals surface area contributed by atoms with E-state index >= 15 is 0 Å². The molecule has 0 unspecified atom stereocenters. The van der Waals surface area contributed by atoms with Gasteiger partial charge < -0.3 is 19.8 Å². The fourth-order valence-corrected chi connectivity index (χ4v) is 3.64. The van der Waals surface area contributed by atoms with Gasteiger partial charge in [-0.2, -0.15) is 0 Å². The molecule has 28 heavy (non-hydrogen) atoms. The van der Waals surface area contributed by atoms with Crippen LogP contribution in [-0.2, 0) is 10.5 Å². The summed E-state index contributed by atoms with van der Waals surface area (Å²) in [6.45, 7) is 1.95. The SMILES string of the molecule is COc1ccc(C)cc1NC(=O)CSCc1cc(=O)c2cccc(OC)c2[nH]1. The van der Waals surface area contributed by atoms with Gasteiger partial charge in [0, 0.05) is 22.9 Å². The van der Waals surface area contributed by atoms with Gasteiger partial charge in [0.2, 0.25) is 5.91 Å². The number of nitrogens with one attached hydrogen (secondary N) is 2. The summed E-state index contributed by atoms with van der Waals surface area (Å²) in [7, 11) is 3.14. The number of rotatable bonds is 7. The molecule has 0 aliphatic heterocycles. The molecule has 0 radical (unpaired) electrons. The van der Waals surface area contributed by atoms with Crippen molar-refractivity contribution in [3.8, 4) is 11.5 Å². The molecule has 0 aliphatic rings. The van der Waals surface area contributed by atoms with Gasteiger partial charge in [0.05, 0.1) is 31.2 Å². The van der Waals surface area contributed by atoms with Crippen molar-refractivity contribution >= 4 is 34.3 Å². The van der Waals surface area contributed by atoms with E-state index in [9.17, 15) is 9.59 Å². The molecule has 2 aromatic carbocycles. The summed E-state index contributed by atoms with van der Waals surface area (Å²) in [5.74, 6) is 1.86. The summed E-state index contributed by atoms with van der Waals surface area (Å²) in [6, 6.07) is 12.5. The highest BCUT2D eigenvalue weighted by atomic mass is 32.2. The lowest BCUT2D eigenvalue weighted by molar-refractivity contribution is -0.113. The number of thioether (sulfide) groups is 1. The first-order valence-electron chi connectivity index (χ1n) is 8.73. The average Bonchev–Trinajstić information content (AvgIpc) is 2.68. The summed E-state index contributed by atoms with van der Waals surface area (Å²) >= 11 is 1.42. The van der Waals surface area contributed by atoms with Crippen molar-refractivity contribution in [3.63, 3.8) is 0 Å². The van der Waals surface area contributed by atoms with E-state index in [2.05, 4.69) is 10.3 Å². The van der Waals surface area contributed by atoms with Crippen molar-refractivity contribution in [1.29, 1.82) is 0 Å². The Balaban J connectivity index is 1.66. The third-order valence-corrected chi connectivity index (χ3v) is 5.20. The summed E-state index contributed by atoms with van der Waals surface area (Å²) < 4.78 is 10.6. The van der Waals surface area contributed by atoms with Crippen LogP contribution in [-0.4, -0.2) is 30.9 Å². The van der Waals surface area contributed by atoms with Crippen LogP contribution < -0.4 is 20.2 Å². The molecule has 1 heterocycles. The Hall–Kier alpha value is -2.93. The third-order valence-electron chi connectivity index (χ3n) is 4.22. The molecular formula is C21H22N2O4S. The van der Waals surface area contributed by atoms with Crippen LogP contribution in [0.4, 0.5) is 5.69 Å². The van der Waals surface area contributed by atoms with Gasteiger partial charge in [-0.1, -0.05) is 12.1 Å². The van der Waals surface area contributed by atoms with Crippen molar-refractivity contribution in [2.45, 2.75) is 12.7 Å². The largest absolute Gasteiger partial charge is 0.495 e. The summed E-state index contributed by atoms with van der Waals surface area (Å²) in [5, 5.41) is 3.45. The molecule has 0 saturated carbocycles. The second-order valence-corrected chi connectivity index (χ2v) is 7.27. The highest BCUT2D eigenvalue weighted by Crippen LogP contribution is 2.26. The molecule has 3 rings (SSSR count). The summed E-state index contributed by atoms with van der Waals surface area (Å²) in [6.07, 6.45) is 0. The van der Waals surface area contributed by atoms with E-state index in [0.29, 0.717) is 33.8 Å². The minimum absolute atomic E-state index is 0.0720. The molecule has 0 atom stereocenters. The maximum atomic E-state index is 12.3. The van der Waals surface area contributed by atoms with Crippen LogP contribution in [0.3, 0.4) is 0 Å². The number of aromatic nitrogens is 1. The zero-order chi connectivity index (χ0) is 20.1. The van der Waals surface area contributed by atoms with Gasteiger partial charge in [-0.25, -0.2) is 0 Å². The smallest absolute Gasteiger partial charge is 0.234 e. The van der Waals surface area contributed by atoms with E-state index in [0.717, 1.165) is 11.3 Å². The molecule has 7 heteroatoms. The van der Waals surface area contributed by atoms with Crippen molar-refractivity contribution in [3.05, 3.63) is 63.9 Å². The van der Waals surface area contributed by atoms with Gasteiger partial charge in [-0.15, -0.1) is 11.8 Å². The minimum Gasteiger partial charge on any atom is -0.495 e. The van der Waals surface area contributed by atoms with Crippen LogP contribution in [0, 0.1) is 6.92 Å². The molecule has 0 spiro atoms. The van der Waals surface area contributed by atoms with Crippen LogP contribution in [0.2, 0.25) is 0 Å². The molecule has 6 nitrogen and oxygen atoms in total. The minimum atomic E-state index is -0.130. The number of carbonyl (C=O) groups excluding carboxylic acids is 1. The predicted molar refractivity (Wildman–Crippen MR) is 114 cm³/mol. The van der Waals surface area contributed by atoms with E-state index in [1.165, 1.54) is 11.8 Å². The van der Waals surface area contributed by atoms with Crippen LogP contribution in [0.1, 0.15) is 11.3 Å². The Morgan fingerprint density at radius 1 is 1.11 bits per heavy atom. The third kappa shape index (κ3) is 4.48. The zero-order valence-electron chi connectivity index (χ0n) is 16.0. The molecular weight excluding hydrogens is 376 g/mol. The number of para-hydroxylation sites is 1. The number of methoxy groups -OCH3 is 2. The van der Waals surface area contributed by atoms with Crippen LogP contribution in [0.25, 0.3) is 10.9 Å². The quantitative estimate of drug-likeness (QED) is 0.634. The molecule has 0 bridgehead atoms. The molecule has 2 N–H and O–H groups in total. The van der Waals surface area contributed by atoms with Crippen molar-refractivity contribution in [2.24, 2.45) is 0 Å². The number of hydrogen-bond donors (Lipinski definition) is 2. The van der Waals surface area contributed by atoms with Gasteiger partial charge >= 0.3 is 0 Å². The van der Waals surface area contributed by atoms with E-state index in [4.69, 9.17) is 9.47 Å². The first-order chi connectivity index (χ1) is 13.5. The molecule has 0 saturated heterocycles. The number of anilines is 1. The maximum Gasteiger partial charge on any atom is 0.234 e. The fourth-order valence-electron chi connectivity index (χ4n) is 2.91. The predicted octanol–water partition coefficient (Wildman–Crippen LogP) is 3.73. The number of aromatic amines is 1. The number of hydrogen-bond acceptors (Lipinski definition) is 5. The van der Waals surface area contributed by atoms with E-state index in [-0.39, 0.29) is 17.1 Å². The molecule has 1 amide bonds. The highest BCUT2D eigenvalue weighted by molar-refractivity contribution is 7.99. The first kappa shape index (κ1) is 19.8. The molecule has 0 fully saturated rings. The van der Waals surface area contributed by atoms with Crippen molar-refractivity contribution < 1.29 is 14.3 Å². The van der Waals surface area contributed by atoms with Gasteiger partial charge in [-0.3, -0.25) is 9.59 Å². The second kappa shape index (κ2) is 8.84. The lowest BCUT2D eigenvalue weighted by Gasteiger charge is -2.11. The Labute approximate surface area is 167 Å². The maximum absolute atomic E-state index is 12.3. The van der Waals surface area contributed by atoms with E-state index in [1.54, 1.807) is 38.5 Å². The molecule has 146 valence electrons. The van der Waals surface area contributed by atoms with Gasteiger partial charge in [0.15, 0.2) is 5.43 Å². The number of carbonyl (C=O) groups is 1. The highest BCUT2D eigenvalue weighted by Gasteiger charge is 2.10. The number of fused-ring (bicyclic) bond motifs is 1. The Bertz CT molecular complexity index is 1060. The zero-order valence-corrected chi connectivity index (χ0v) is 16.8. The lowest BCUT2D eigenvalue weighted by Crippen LogP contribution is -2.15. The monoisotopic (exact) mass is 398 g/mol.